The summed E-state index contributed by atoms with van der Waals surface area (Å²) in [6.45, 7) is 6.05. The quantitative estimate of drug-likeness (QED) is 0.486. The number of hydrogen-bond donors (Lipinski definition) is 0. The van der Waals surface area contributed by atoms with Crippen LogP contribution < -0.4 is 4.74 Å². The summed E-state index contributed by atoms with van der Waals surface area (Å²) in [5.74, 6) is 1.80. The number of aromatic nitrogens is 3. The number of nitrogens with zero attached hydrogens (tertiary/aromatic N) is 3. The van der Waals surface area contributed by atoms with Crippen molar-refractivity contribution in [1.29, 1.82) is 0 Å². The van der Waals surface area contributed by atoms with Gasteiger partial charge in [0.1, 0.15) is 5.75 Å². The zero-order chi connectivity index (χ0) is 18.8. The lowest BCUT2D eigenvalue weighted by Crippen LogP contribution is -2.03. The van der Waals surface area contributed by atoms with E-state index in [0.717, 1.165) is 17.0 Å². The topological polar surface area (TPSA) is 53.1 Å². The largest absolute Gasteiger partial charge is 0.481 e. The minimum Gasteiger partial charge on any atom is -0.481 e. The molecule has 5 nitrogen and oxygen atoms in total. The smallest absolute Gasteiger partial charge is 0.267 e. The van der Waals surface area contributed by atoms with E-state index in [2.05, 4.69) is 24.0 Å². The van der Waals surface area contributed by atoms with Crippen LogP contribution in [-0.2, 0) is 0 Å². The molecule has 1 unspecified atom stereocenters. The molecule has 0 spiro atoms. The van der Waals surface area contributed by atoms with Gasteiger partial charge in [0.15, 0.2) is 6.10 Å². The van der Waals surface area contributed by atoms with Crippen molar-refractivity contribution in [3.63, 3.8) is 0 Å². The van der Waals surface area contributed by atoms with Crippen molar-refractivity contribution in [2.45, 2.75) is 26.9 Å². The van der Waals surface area contributed by atoms with E-state index in [1.165, 1.54) is 11.1 Å². The maximum absolute atomic E-state index is 5.95. The highest BCUT2D eigenvalue weighted by molar-refractivity contribution is 5.56. The first kappa shape index (κ1) is 17.1. The molecule has 0 N–H and O–H groups in total. The lowest BCUT2D eigenvalue weighted by molar-refractivity contribution is 0.175. The summed E-state index contributed by atoms with van der Waals surface area (Å²) in [6, 6.07) is 18.0. The average Bonchev–Trinajstić information content (AvgIpc) is 3.37. The third-order valence-corrected chi connectivity index (χ3v) is 4.61. The predicted octanol–water partition coefficient (Wildman–Crippen LogP) is 5.28. The van der Waals surface area contributed by atoms with Crippen molar-refractivity contribution in [3.8, 4) is 22.8 Å². The van der Waals surface area contributed by atoms with Crippen LogP contribution in [0.3, 0.4) is 0 Å². The lowest BCUT2D eigenvalue weighted by atomic mass is 10.1. The van der Waals surface area contributed by atoms with E-state index in [9.17, 15) is 0 Å². The SMILES string of the molecule is Cc1ccc(OC(C)c2nc(-c3ccc(-n4cccc4)cc3)no2)cc1C. The van der Waals surface area contributed by atoms with Gasteiger partial charge in [0, 0.05) is 23.6 Å². The summed E-state index contributed by atoms with van der Waals surface area (Å²) in [7, 11) is 0. The first-order chi connectivity index (χ1) is 13.1. The number of benzene rings is 2. The molecule has 0 amide bonds. The van der Waals surface area contributed by atoms with Crippen molar-refractivity contribution < 1.29 is 9.26 Å². The van der Waals surface area contributed by atoms with E-state index < -0.39 is 0 Å². The number of rotatable bonds is 5. The van der Waals surface area contributed by atoms with Crippen LogP contribution in [0, 0.1) is 13.8 Å². The molecule has 4 aromatic rings. The van der Waals surface area contributed by atoms with Crippen LogP contribution in [0.25, 0.3) is 17.1 Å². The van der Waals surface area contributed by atoms with Gasteiger partial charge in [0.05, 0.1) is 0 Å². The van der Waals surface area contributed by atoms with Crippen LogP contribution in [0.1, 0.15) is 30.0 Å². The molecule has 0 aliphatic rings. The van der Waals surface area contributed by atoms with Crippen LogP contribution in [0.4, 0.5) is 0 Å². The monoisotopic (exact) mass is 359 g/mol. The van der Waals surface area contributed by atoms with E-state index in [0.29, 0.717) is 11.7 Å². The van der Waals surface area contributed by atoms with E-state index in [1.807, 2.05) is 78.5 Å². The third-order valence-electron chi connectivity index (χ3n) is 4.61. The van der Waals surface area contributed by atoms with Crippen molar-refractivity contribution in [3.05, 3.63) is 84.0 Å². The van der Waals surface area contributed by atoms with Gasteiger partial charge in [-0.15, -0.1) is 0 Å². The Labute approximate surface area is 158 Å². The maximum Gasteiger partial charge on any atom is 0.267 e. The number of ether oxygens (including phenoxy) is 1. The van der Waals surface area contributed by atoms with Gasteiger partial charge in [0.25, 0.3) is 5.89 Å². The van der Waals surface area contributed by atoms with Gasteiger partial charge in [-0.1, -0.05) is 11.2 Å². The van der Waals surface area contributed by atoms with E-state index in [4.69, 9.17) is 9.26 Å². The molecule has 4 rings (SSSR count). The Morgan fingerprint density at radius 1 is 0.963 bits per heavy atom. The molecule has 27 heavy (non-hydrogen) atoms. The Kier molecular flexibility index (Phi) is 4.50. The van der Waals surface area contributed by atoms with Crippen molar-refractivity contribution in [2.24, 2.45) is 0 Å². The Hall–Kier alpha value is -3.34. The molecule has 2 heterocycles. The molecule has 5 heteroatoms. The van der Waals surface area contributed by atoms with Crippen LogP contribution in [-0.4, -0.2) is 14.7 Å². The molecule has 0 radical (unpaired) electrons. The normalized spacial score (nSPS) is 12.1. The minimum absolute atomic E-state index is 0.326. The molecule has 2 aromatic heterocycles. The van der Waals surface area contributed by atoms with E-state index in [1.54, 1.807) is 0 Å². The van der Waals surface area contributed by atoms with Gasteiger partial charge in [-0.25, -0.2) is 0 Å². The van der Waals surface area contributed by atoms with Gasteiger partial charge in [-0.05, 0) is 80.4 Å². The molecule has 2 aromatic carbocycles. The molecular formula is C22H21N3O2. The molecule has 0 fully saturated rings. The highest BCUT2D eigenvalue weighted by Crippen LogP contribution is 2.25. The van der Waals surface area contributed by atoms with Crippen LogP contribution in [0.5, 0.6) is 5.75 Å². The first-order valence-corrected chi connectivity index (χ1v) is 8.91. The number of aryl methyl sites for hydroxylation is 2. The Morgan fingerprint density at radius 3 is 2.41 bits per heavy atom. The summed E-state index contributed by atoms with van der Waals surface area (Å²) in [4.78, 5) is 4.50. The summed E-state index contributed by atoms with van der Waals surface area (Å²) < 4.78 is 13.4. The second kappa shape index (κ2) is 7.11. The predicted molar refractivity (Wildman–Crippen MR) is 104 cm³/mol. The van der Waals surface area contributed by atoms with Gasteiger partial charge < -0.3 is 13.8 Å². The minimum atomic E-state index is -0.326. The summed E-state index contributed by atoms with van der Waals surface area (Å²) in [6.07, 6.45) is 3.69. The second-order valence-corrected chi connectivity index (χ2v) is 6.60. The van der Waals surface area contributed by atoms with Gasteiger partial charge >= 0.3 is 0 Å². The standard InChI is InChI=1S/C22H21N3O2/c1-15-6-11-20(14-16(15)2)26-17(3)22-23-21(24-27-22)18-7-9-19(10-8-18)25-12-4-5-13-25/h4-14,17H,1-3H3. The summed E-state index contributed by atoms with van der Waals surface area (Å²) >= 11 is 0. The highest BCUT2D eigenvalue weighted by atomic mass is 16.5. The van der Waals surface area contributed by atoms with Crippen LogP contribution in [0.15, 0.2) is 71.5 Å². The number of hydrogen-bond acceptors (Lipinski definition) is 4. The van der Waals surface area contributed by atoms with Gasteiger partial charge in [0.2, 0.25) is 5.82 Å². The fraction of sp³-hybridized carbons (Fsp3) is 0.182. The molecular weight excluding hydrogens is 338 g/mol. The molecule has 136 valence electrons. The molecule has 0 aliphatic carbocycles. The lowest BCUT2D eigenvalue weighted by Gasteiger charge is -2.12. The van der Waals surface area contributed by atoms with Crippen molar-refractivity contribution in [2.75, 3.05) is 0 Å². The fourth-order valence-electron chi connectivity index (χ4n) is 2.85. The zero-order valence-corrected chi connectivity index (χ0v) is 15.6. The van der Waals surface area contributed by atoms with Gasteiger partial charge in [-0.2, -0.15) is 4.98 Å². The van der Waals surface area contributed by atoms with Gasteiger partial charge in [-0.3, -0.25) is 0 Å². The molecule has 0 aliphatic heterocycles. The molecule has 1 atom stereocenters. The van der Waals surface area contributed by atoms with Crippen LogP contribution in [0.2, 0.25) is 0 Å². The second-order valence-electron chi connectivity index (χ2n) is 6.60. The Morgan fingerprint density at radius 2 is 1.70 bits per heavy atom. The Balaban J connectivity index is 1.49. The fourth-order valence-corrected chi connectivity index (χ4v) is 2.85. The first-order valence-electron chi connectivity index (χ1n) is 8.91. The maximum atomic E-state index is 5.95. The highest BCUT2D eigenvalue weighted by Gasteiger charge is 2.17. The molecule has 0 bridgehead atoms. The van der Waals surface area contributed by atoms with Crippen LogP contribution >= 0.6 is 0 Å². The Bertz CT molecular complexity index is 1030. The van der Waals surface area contributed by atoms with E-state index >= 15 is 0 Å². The van der Waals surface area contributed by atoms with Crippen molar-refractivity contribution >= 4 is 0 Å². The summed E-state index contributed by atoms with van der Waals surface area (Å²) in [5.41, 5.74) is 4.41. The van der Waals surface area contributed by atoms with E-state index in [-0.39, 0.29) is 6.10 Å². The summed E-state index contributed by atoms with van der Waals surface area (Å²) in [5, 5.41) is 4.10. The third kappa shape index (κ3) is 3.62. The zero-order valence-electron chi connectivity index (χ0n) is 15.6. The average molecular weight is 359 g/mol. The molecule has 0 saturated carbocycles. The molecule has 0 saturated heterocycles. The van der Waals surface area contributed by atoms with Crippen molar-refractivity contribution in [1.82, 2.24) is 14.7 Å².